The van der Waals surface area contributed by atoms with Gasteiger partial charge in [-0.3, -0.25) is 4.79 Å². The highest BCUT2D eigenvalue weighted by Gasteiger charge is 2.51. The number of halogens is 1. The Bertz CT molecular complexity index is 789. The molecule has 5 rings (SSSR count). The maximum absolute atomic E-state index is 14.0. The lowest BCUT2D eigenvalue weighted by atomic mass is 9.53. The third kappa shape index (κ3) is 3.37. The van der Waals surface area contributed by atoms with Crippen LogP contribution in [0, 0.1) is 23.6 Å². The Morgan fingerprint density at radius 3 is 2.20 bits per heavy atom. The summed E-state index contributed by atoms with van der Waals surface area (Å²) < 4.78 is 40.2. The van der Waals surface area contributed by atoms with E-state index in [0.29, 0.717) is 17.8 Å². The smallest absolute Gasteiger partial charge is 0.368 e. The van der Waals surface area contributed by atoms with Gasteiger partial charge < -0.3 is 9.50 Å². The second kappa shape index (κ2) is 5.67. The molecule has 3 N–H and O–H groups in total. The van der Waals surface area contributed by atoms with Gasteiger partial charge in [-0.15, -0.1) is 0 Å². The fourth-order valence-corrected chi connectivity index (χ4v) is 5.80. The van der Waals surface area contributed by atoms with Crippen LogP contribution in [-0.2, 0) is 10.3 Å². The zero-order valence-corrected chi connectivity index (χ0v) is 14.5. The molecule has 1 aromatic rings. The minimum atomic E-state index is -4.31. The van der Waals surface area contributed by atoms with E-state index in [2.05, 4.69) is 9.50 Å². The van der Waals surface area contributed by atoms with Crippen molar-refractivity contribution in [1.29, 1.82) is 0 Å². The quantitative estimate of drug-likeness (QED) is 0.850. The van der Waals surface area contributed by atoms with E-state index >= 15 is 0 Å². The first-order valence-corrected chi connectivity index (χ1v) is 10.0. The predicted molar refractivity (Wildman–Crippen MR) is 88.5 cm³/mol. The second-order valence-electron chi connectivity index (χ2n) is 7.87. The first kappa shape index (κ1) is 16.8. The summed E-state index contributed by atoms with van der Waals surface area (Å²) in [5.41, 5.74) is -0.0204. The average Bonchev–Trinajstić information content (AvgIpc) is 2.46. The molecule has 6 nitrogen and oxygen atoms in total. The van der Waals surface area contributed by atoms with E-state index in [1.165, 1.54) is 25.3 Å². The van der Waals surface area contributed by atoms with Gasteiger partial charge in [0.1, 0.15) is 0 Å². The molecular formula is C17H21FN2O4S. The summed E-state index contributed by atoms with van der Waals surface area (Å²) in [7, 11) is -4.31. The van der Waals surface area contributed by atoms with Crippen LogP contribution in [0.2, 0.25) is 0 Å². The van der Waals surface area contributed by atoms with Crippen molar-refractivity contribution < 1.29 is 21.8 Å². The predicted octanol–water partition coefficient (Wildman–Crippen LogP) is 2.11. The molecule has 0 radical (unpaired) electrons. The van der Waals surface area contributed by atoms with Crippen molar-refractivity contribution in [2.24, 2.45) is 22.9 Å². The van der Waals surface area contributed by atoms with Crippen LogP contribution < -0.4 is 14.6 Å². The Balaban J connectivity index is 1.51. The molecule has 0 atom stereocenters. The molecule has 1 amide bonds. The van der Waals surface area contributed by atoms with Crippen molar-refractivity contribution in [2.45, 2.75) is 44.1 Å². The molecule has 8 heteroatoms. The zero-order valence-electron chi connectivity index (χ0n) is 13.7. The van der Waals surface area contributed by atoms with E-state index in [1.54, 1.807) is 0 Å². The molecule has 4 fully saturated rings. The van der Waals surface area contributed by atoms with Crippen LogP contribution in [0.5, 0.6) is 5.75 Å². The molecule has 4 aliphatic rings. The maximum Gasteiger partial charge on any atom is 0.380 e. The molecule has 0 aromatic heterocycles. The Morgan fingerprint density at radius 2 is 1.72 bits per heavy atom. The summed E-state index contributed by atoms with van der Waals surface area (Å²) in [4.78, 5) is 12.6. The SMILES string of the molecule is NS(=O)(=O)Oc1ccc(C(=O)NC23CC4CC(CC(C4)C2)C3)cc1F. The molecule has 1 aromatic carbocycles. The number of nitrogens with one attached hydrogen (secondary N) is 1. The monoisotopic (exact) mass is 368 g/mol. The molecule has 136 valence electrons. The van der Waals surface area contributed by atoms with Crippen LogP contribution in [0.1, 0.15) is 48.9 Å². The van der Waals surface area contributed by atoms with E-state index in [0.717, 1.165) is 31.4 Å². The van der Waals surface area contributed by atoms with Gasteiger partial charge in [-0.25, -0.2) is 4.39 Å². The molecule has 0 aliphatic heterocycles. The Morgan fingerprint density at radius 1 is 1.16 bits per heavy atom. The van der Waals surface area contributed by atoms with E-state index in [-0.39, 0.29) is 17.0 Å². The summed E-state index contributed by atoms with van der Waals surface area (Å²) >= 11 is 0. The van der Waals surface area contributed by atoms with Gasteiger partial charge in [0.25, 0.3) is 5.91 Å². The van der Waals surface area contributed by atoms with Crippen LogP contribution in [0.4, 0.5) is 4.39 Å². The molecule has 4 saturated carbocycles. The largest absolute Gasteiger partial charge is 0.380 e. The third-order valence-corrected chi connectivity index (χ3v) is 6.23. The number of carbonyl (C=O) groups is 1. The van der Waals surface area contributed by atoms with Gasteiger partial charge in [-0.2, -0.15) is 13.6 Å². The van der Waals surface area contributed by atoms with Crippen LogP contribution in [0.15, 0.2) is 18.2 Å². The van der Waals surface area contributed by atoms with E-state index in [4.69, 9.17) is 5.14 Å². The highest BCUT2D eigenvalue weighted by molar-refractivity contribution is 7.84. The molecule has 0 unspecified atom stereocenters. The van der Waals surface area contributed by atoms with Crippen molar-refractivity contribution >= 4 is 16.2 Å². The highest BCUT2D eigenvalue weighted by atomic mass is 32.2. The van der Waals surface area contributed by atoms with E-state index < -0.39 is 21.9 Å². The van der Waals surface area contributed by atoms with Crippen molar-refractivity contribution in [3.63, 3.8) is 0 Å². The number of carbonyl (C=O) groups excluding carboxylic acids is 1. The van der Waals surface area contributed by atoms with Crippen molar-refractivity contribution in [3.8, 4) is 5.75 Å². The highest BCUT2D eigenvalue weighted by Crippen LogP contribution is 2.55. The van der Waals surface area contributed by atoms with Gasteiger partial charge in [0.2, 0.25) is 0 Å². The van der Waals surface area contributed by atoms with Crippen molar-refractivity contribution in [2.75, 3.05) is 0 Å². The number of benzene rings is 1. The minimum absolute atomic E-state index is 0.148. The Hall–Kier alpha value is -1.67. The van der Waals surface area contributed by atoms with Gasteiger partial charge in [0, 0.05) is 11.1 Å². The number of rotatable bonds is 4. The number of hydrogen-bond acceptors (Lipinski definition) is 4. The summed E-state index contributed by atoms with van der Waals surface area (Å²) in [5.74, 6) is 0.278. The number of hydrogen-bond donors (Lipinski definition) is 2. The number of amides is 1. The molecular weight excluding hydrogens is 347 g/mol. The standard InChI is InChI=1S/C17H21FN2O4S/c18-14-6-13(1-2-15(14)24-25(19,22)23)16(21)20-17-7-10-3-11(8-17)5-12(4-10)9-17/h1-2,6,10-12H,3-5,7-9H2,(H,20,21)(H2,19,22,23). The Kier molecular flexibility index (Phi) is 3.81. The lowest BCUT2D eigenvalue weighted by Crippen LogP contribution is -2.59. The van der Waals surface area contributed by atoms with E-state index in [9.17, 15) is 17.6 Å². The van der Waals surface area contributed by atoms with Gasteiger partial charge in [-0.1, -0.05) is 0 Å². The van der Waals surface area contributed by atoms with Crippen molar-refractivity contribution in [3.05, 3.63) is 29.6 Å². The van der Waals surface area contributed by atoms with Crippen LogP contribution in [-0.4, -0.2) is 19.9 Å². The lowest BCUT2D eigenvalue weighted by Gasteiger charge is -2.56. The summed E-state index contributed by atoms with van der Waals surface area (Å²) in [6, 6.07) is 3.43. The molecule has 0 spiro atoms. The molecule has 25 heavy (non-hydrogen) atoms. The molecule has 4 bridgehead atoms. The van der Waals surface area contributed by atoms with E-state index in [1.807, 2.05) is 0 Å². The second-order valence-corrected chi connectivity index (χ2v) is 9.03. The Labute approximate surface area is 146 Å². The molecule has 4 aliphatic carbocycles. The third-order valence-electron chi connectivity index (χ3n) is 5.82. The maximum atomic E-state index is 14.0. The van der Waals surface area contributed by atoms with Crippen LogP contribution in [0.3, 0.4) is 0 Å². The first-order valence-electron chi connectivity index (χ1n) is 8.56. The van der Waals surface area contributed by atoms with Gasteiger partial charge in [-0.05, 0) is 74.5 Å². The van der Waals surface area contributed by atoms with Gasteiger partial charge >= 0.3 is 10.3 Å². The molecule has 0 heterocycles. The average molecular weight is 368 g/mol. The lowest BCUT2D eigenvalue weighted by molar-refractivity contribution is -0.0167. The first-order chi connectivity index (χ1) is 11.7. The summed E-state index contributed by atoms with van der Waals surface area (Å²) in [6.07, 6.45) is 6.80. The van der Waals surface area contributed by atoms with Crippen molar-refractivity contribution in [1.82, 2.24) is 5.32 Å². The van der Waals surface area contributed by atoms with Crippen LogP contribution in [0.25, 0.3) is 0 Å². The fraction of sp³-hybridized carbons (Fsp3) is 0.588. The number of nitrogens with two attached hydrogens (primary N) is 1. The topological polar surface area (TPSA) is 98.5 Å². The summed E-state index contributed by atoms with van der Waals surface area (Å²) in [6.45, 7) is 0. The van der Waals surface area contributed by atoms with Gasteiger partial charge in [0.15, 0.2) is 11.6 Å². The van der Waals surface area contributed by atoms with Gasteiger partial charge in [0.05, 0.1) is 0 Å². The van der Waals surface area contributed by atoms with Crippen LogP contribution >= 0.6 is 0 Å². The normalized spacial score (nSPS) is 33.3. The summed E-state index contributed by atoms with van der Waals surface area (Å²) in [5, 5.41) is 7.88. The minimum Gasteiger partial charge on any atom is -0.368 e. The fourth-order valence-electron chi connectivity index (χ4n) is 5.41. The zero-order chi connectivity index (χ0) is 17.8. The molecule has 0 saturated heterocycles.